The molecular weight excluding hydrogens is 174 g/mol. The molecule has 0 aliphatic rings. The highest BCUT2D eigenvalue weighted by Gasteiger charge is 2.06. The highest BCUT2D eigenvalue weighted by atomic mass is 32.1. The fourth-order valence-corrected chi connectivity index (χ4v) is 0.944. The number of anilines is 1. The Labute approximate surface area is 75.0 Å². The molecule has 12 heavy (non-hydrogen) atoms. The third-order valence-corrected chi connectivity index (χ3v) is 1.45. The summed E-state index contributed by atoms with van der Waals surface area (Å²) in [6.45, 7) is 0. The third kappa shape index (κ3) is 1.79. The molecule has 4 heteroatoms. The van der Waals surface area contributed by atoms with Gasteiger partial charge in [0.05, 0.1) is 11.3 Å². The minimum absolute atomic E-state index is 0.190. The average Bonchev–Trinajstić information content (AvgIpc) is 2.05. The highest BCUT2D eigenvalue weighted by molar-refractivity contribution is 7.79. The molecule has 0 amide bonds. The van der Waals surface area contributed by atoms with Crippen LogP contribution >= 0.6 is 12.2 Å². The van der Waals surface area contributed by atoms with Gasteiger partial charge in [-0.15, -0.1) is 0 Å². The molecule has 1 radical (unpaired) electrons. The van der Waals surface area contributed by atoms with E-state index in [-0.39, 0.29) is 5.56 Å². The van der Waals surface area contributed by atoms with Crippen molar-refractivity contribution < 1.29 is 9.90 Å². The van der Waals surface area contributed by atoms with Crippen LogP contribution in [0.4, 0.5) is 5.69 Å². The summed E-state index contributed by atoms with van der Waals surface area (Å²) in [6.07, 6.45) is 0. The quantitative estimate of drug-likeness (QED) is 0.548. The maximum atomic E-state index is 10.6. The maximum absolute atomic E-state index is 10.6. The number of thiocarbonyl (C=S) groups is 1. The van der Waals surface area contributed by atoms with E-state index in [1.54, 1.807) is 18.2 Å². The number of carboxylic acids is 1. The number of benzene rings is 1. The standard InChI is InChI=1S/C8H6NO2S/c10-8(11)6-3-1-2-4-7(6)9-5-12/h1-4H,(H,9,12)(H,10,11). The summed E-state index contributed by atoms with van der Waals surface area (Å²) in [7, 11) is 0. The van der Waals surface area contributed by atoms with Crippen molar-refractivity contribution in [2.45, 2.75) is 0 Å². The zero-order chi connectivity index (χ0) is 8.97. The lowest BCUT2D eigenvalue weighted by molar-refractivity contribution is 0.0698. The van der Waals surface area contributed by atoms with Gasteiger partial charge in [0, 0.05) is 0 Å². The molecule has 0 fully saturated rings. The number of carboxylic acid groups (broad SMARTS) is 1. The Kier molecular flexibility index (Phi) is 2.76. The molecule has 0 aliphatic carbocycles. The lowest BCUT2D eigenvalue weighted by atomic mass is 10.2. The van der Waals surface area contributed by atoms with Crippen molar-refractivity contribution in [3.05, 3.63) is 29.8 Å². The Morgan fingerprint density at radius 1 is 1.50 bits per heavy atom. The maximum Gasteiger partial charge on any atom is 0.337 e. The van der Waals surface area contributed by atoms with Crippen LogP contribution in [-0.2, 0) is 0 Å². The summed E-state index contributed by atoms with van der Waals surface area (Å²) in [5.74, 6) is -0.983. The monoisotopic (exact) mass is 180 g/mol. The zero-order valence-electron chi connectivity index (χ0n) is 6.07. The SMILES string of the molecule is O=C(O)c1ccccc1N[C]=S. The van der Waals surface area contributed by atoms with Crippen molar-refractivity contribution in [1.29, 1.82) is 0 Å². The van der Waals surface area contributed by atoms with E-state index < -0.39 is 5.97 Å². The Morgan fingerprint density at radius 3 is 2.75 bits per heavy atom. The van der Waals surface area contributed by atoms with Crippen molar-refractivity contribution in [2.75, 3.05) is 5.32 Å². The normalized spacial score (nSPS) is 9.00. The minimum atomic E-state index is -0.983. The summed E-state index contributed by atoms with van der Waals surface area (Å²) in [4.78, 5) is 10.6. The summed E-state index contributed by atoms with van der Waals surface area (Å²) in [6, 6.07) is 6.50. The van der Waals surface area contributed by atoms with E-state index in [1.807, 2.05) is 0 Å². The first kappa shape index (κ1) is 8.67. The molecule has 0 heterocycles. The van der Waals surface area contributed by atoms with Gasteiger partial charge in [0.25, 0.3) is 0 Å². The molecule has 0 aromatic heterocycles. The van der Waals surface area contributed by atoms with Crippen LogP contribution in [0.25, 0.3) is 0 Å². The van der Waals surface area contributed by atoms with Gasteiger partial charge in [0.2, 0.25) is 0 Å². The van der Waals surface area contributed by atoms with Crippen LogP contribution in [0.15, 0.2) is 24.3 Å². The molecule has 0 saturated heterocycles. The van der Waals surface area contributed by atoms with Gasteiger partial charge in [0.15, 0.2) is 0 Å². The number of aromatic carboxylic acids is 1. The van der Waals surface area contributed by atoms with E-state index in [4.69, 9.17) is 5.11 Å². The van der Waals surface area contributed by atoms with Crippen molar-refractivity contribution in [2.24, 2.45) is 0 Å². The Balaban J connectivity index is 3.07. The first-order valence-electron chi connectivity index (χ1n) is 3.21. The third-order valence-electron chi connectivity index (χ3n) is 1.34. The van der Waals surface area contributed by atoms with Gasteiger partial charge in [0.1, 0.15) is 5.49 Å². The second-order valence-corrected chi connectivity index (χ2v) is 2.28. The summed E-state index contributed by atoms with van der Waals surface area (Å²) < 4.78 is 0. The minimum Gasteiger partial charge on any atom is -0.478 e. The van der Waals surface area contributed by atoms with Crippen LogP contribution in [0.5, 0.6) is 0 Å². The number of nitrogens with one attached hydrogen (secondary N) is 1. The molecule has 1 aromatic carbocycles. The fourth-order valence-electron chi connectivity index (χ4n) is 0.834. The molecule has 61 valence electrons. The van der Waals surface area contributed by atoms with Crippen LogP contribution in [0.2, 0.25) is 0 Å². The topological polar surface area (TPSA) is 49.3 Å². The molecule has 0 atom stereocenters. The van der Waals surface area contributed by atoms with E-state index in [2.05, 4.69) is 23.0 Å². The Bertz CT molecular complexity index is 312. The number of hydrogen-bond donors (Lipinski definition) is 2. The molecule has 0 bridgehead atoms. The lowest BCUT2D eigenvalue weighted by Crippen LogP contribution is -2.03. The average molecular weight is 180 g/mol. The molecule has 3 nitrogen and oxygen atoms in total. The highest BCUT2D eigenvalue weighted by Crippen LogP contribution is 2.13. The van der Waals surface area contributed by atoms with Crippen LogP contribution in [0, 0.1) is 0 Å². The molecular formula is C8H6NO2S. The first-order chi connectivity index (χ1) is 5.75. The summed E-state index contributed by atoms with van der Waals surface area (Å²) >= 11 is 4.43. The van der Waals surface area contributed by atoms with Crippen molar-refractivity contribution in [3.63, 3.8) is 0 Å². The zero-order valence-corrected chi connectivity index (χ0v) is 6.89. The number of carbonyl (C=O) groups is 1. The molecule has 1 rings (SSSR count). The van der Waals surface area contributed by atoms with Crippen molar-refractivity contribution in [3.8, 4) is 0 Å². The smallest absolute Gasteiger partial charge is 0.337 e. The molecule has 0 aliphatic heterocycles. The predicted molar refractivity (Wildman–Crippen MR) is 49.6 cm³/mol. The number of rotatable bonds is 3. The van der Waals surface area contributed by atoms with Gasteiger partial charge < -0.3 is 10.4 Å². The van der Waals surface area contributed by atoms with Crippen molar-refractivity contribution >= 4 is 29.4 Å². The Morgan fingerprint density at radius 2 is 2.17 bits per heavy atom. The fraction of sp³-hybridized carbons (Fsp3) is 0. The van der Waals surface area contributed by atoms with E-state index in [1.165, 1.54) is 6.07 Å². The van der Waals surface area contributed by atoms with Gasteiger partial charge in [-0.3, -0.25) is 0 Å². The first-order valence-corrected chi connectivity index (χ1v) is 3.62. The van der Waals surface area contributed by atoms with E-state index >= 15 is 0 Å². The van der Waals surface area contributed by atoms with E-state index in [9.17, 15) is 4.79 Å². The second kappa shape index (κ2) is 3.82. The van der Waals surface area contributed by atoms with Crippen LogP contribution in [0.1, 0.15) is 10.4 Å². The predicted octanol–water partition coefficient (Wildman–Crippen LogP) is 1.63. The van der Waals surface area contributed by atoms with Gasteiger partial charge in [-0.25, -0.2) is 4.79 Å². The number of para-hydroxylation sites is 1. The Hall–Kier alpha value is -1.42. The van der Waals surface area contributed by atoms with Gasteiger partial charge >= 0.3 is 5.97 Å². The summed E-state index contributed by atoms with van der Waals surface area (Å²) in [5.41, 5.74) is 2.90. The molecule has 2 N–H and O–H groups in total. The van der Waals surface area contributed by atoms with Gasteiger partial charge in [-0.2, -0.15) is 0 Å². The summed E-state index contributed by atoms with van der Waals surface area (Å²) in [5, 5.41) is 11.2. The van der Waals surface area contributed by atoms with Crippen molar-refractivity contribution in [1.82, 2.24) is 0 Å². The van der Waals surface area contributed by atoms with Gasteiger partial charge in [-0.1, -0.05) is 24.4 Å². The molecule has 0 spiro atoms. The second-order valence-electron chi connectivity index (χ2n) is 2.08. The molecule has 1 aromatic rings. The lowest BCUT2D eigenvalue weighted by Gasteiger charge is -2.02. The van der Waals surface area contributed by atoms with Crippen LogP contribution in [0.3, 0.4) is 0 Å². The molecule has 0 saturated carbocycles. The van der Waals surface area contributed by atoms with Gasteiger partial charge in [-0.05, 0) is 12.1 Å². The molecule has 0 unspecified atom stereocenters. The van der Waals surface area contributed by atoms with E-state index in [0.717, 1.165) is 0 Å². The van der Waals surface area contributed by atoms with Crippen LogP contribution < -0.4 is 5.32 Å². The van der Waals surface area contributed by atoms with E-state index in [0.29, 0.717) is 5.69 Å². The number of hydrogen-bond acceptors (Lipinski definition) is 2. The largest absolute Gasteiger partial charge is 0.478 e. The van der Waals surface area contributed by atoms with Crippen LogP contribution in [-0.4, -0.2) is 16.6 Å².